The molecular weight excluding hydrogens is 180 g/mol. The first-order valence-electron chi connectivity index (χ1n) is 5.40. The number of hydrogen-bond donors (Lipinski definition) is 2. The van der Waals surface area contributed by atoms with Crippen molar-refractivity contribution in [3.63, 3.8) is 0 Å². The van der Waals surface area contributed by atoms with Gasteiger partial charge in [-0.2, -0.15) is 0 Å². The Balaban J connectivity index is 2.07. The Morgan fingerprint density at radius 3 is 2.64 bits per heavy atom. The largest absolute Gasteiger partial charge is 0.481 e. The number of piperidine rings is 1. The fourth-order valence-electron chi connectivity index (χ4n) is 1.84. The molecule has 0 radical (unpaired) electrons. The van der Waals surface area contributed by atoms with Crippen LogP contribution in [-0.2, 0) is 4.79 Å². The summed E-state index contributed by atoms with van der Waals surface area (Å²) in [5.74, 6) is -0.719. The summed E-state index contributed by atoms with van der Waals surface area (Å²) in [5, 5.41) is 11.8. The van der Waals surface area contributed by atoms with Crippen LogP contribution in [0.4, 0.5) is 0 Å². The molecule has 0 unspecified atom stereocenters. The molecule has 1 rings (SSSR count). The molecule has 1 saturated heterocycles. The van der Waals surface area contributed by atoms with Crippen molar-refractivity contribution in [2.24, 2.45) is 0 Å². The van der Waals surface area contributed by atoms with Gasteiger partial charge >= 0.3 is 5.97 Å². The summed E-state index contributed by atoms with van der Waals surface area (Å²) in [6.07, 6.45) is 2.52. The molecule has 82 valence electrons. The number of hydrogen-bond acceptors (Lipinski definition) is 3. The first-order valence-corrected chi connectivity index (χ1v) is 5.40. The summed E-state index contributed by atoms with van der Waals surface area (Å²) in [6, 6.07) is 0.525. The van der Waals surface area contributed by atoms with Crippen molar-refractivity contribution >= 4 is 5.97 Å². The summed E-state index contributed by atoms with van der Waals surface area (Å²) in [5.41, 5.74) is 0. The van der Waals surface area contributed by atoms with E-state index in [1.54, 1.807) is 0 Å². The number of aliphatic carboxylic acids is 1. The molecule has 1 aliphatic heterocycles. The van der Waals surface area contributed by atoms with Crippen molar-refractivity contribution in [1.29, 1.82) is 0 Å². The van der Waals surface area contributed by atoms with Gasteiger partial charge in [0.25, 0.3) is 0 Å². The van der Waals surface area contributed by atoms with E-state index in [1.807, 2.05) is 0 Å². The lowest BCUT2D eigenvalue weighted by Crippen LogP contribution is -2.42. The molecule has 1 heterocycles. The molecule has 0 aliphatic carbocycles. The molecule has 0 bridgehead atoms. The predicted molar refractivity (Wildman–Crippen MR) is 55.4 cm³/mol. The number of likely N-dealkylation sites (tertiary alicyclic amines) is 1. The van der Waals surface area contributed by atoms with Crippen LogP contribution in [-0.4, -0.2) is 48.2 Å². The van der Waals surface area contributed by atoms with Gasteiger partial charge in [0.05, 0.1) is 6.42 Å². The summed E-state index contributed by atoms with van der Waals surface area (Å²) in [4.78, 5) is 12.7. The fourth-order valence-corrected chi connectivity index (χ4v) is 1.84. The third kappa shape index (κ3) is 4.07. The van der Waals surface area contributed by atoms with Crippen LogP contribution in [0, 0.1) is 0 Å². The van der Waals surface area contributed by atoms with Crippen LogP contribution < -0.4 is 5.32 Å². The van der Waals surface area contributed by atoms with E-state index in [0.717, 1.165) is 32.5 Å². The first kappa shape index (κ1) is 11.5. The normalized spacial score (nSPS) is 19.8. The molecule has 0 spiro atoms. The molecule has 0 atom stereocenters. The maximum atomic E-state index is 10.3. The molecule has 1 aliphatic rings. The van der Waals surface area contributed by atoms with Gasteiger partial charge < -0.3 is 15.3 Å². The highest BCUT2D eigenvalue weighted by atomic mass is 16.4. The van der Waals surface area contributed by atoms with Gasteiger partial charge in [-0.3, -0.25) is 4.79 Å². The van der Waals surface area contributed by atoms with E-state index in [4.69, 9.17) is 5.11 Å². The molecule has 1 fully saturated rings. The van der Waals surface area contributed by atoms with Gasteiger partial charge in [0.2, 0.25) is 0 Å². The van der Waals surface area contributed by atoms with Crippen LogP contribution in [0.5, 0.6) is 0 Å². The van der Waals surface area contributed by atoms with Crippen LogP contribution in [0.2, 0.25) is 0 Å². The highest BCUT2D eigenvalue weighted by Gasteiger charge is 2.17. The van der Waals surface area contributed by atoms with Crippen molar-refractivity contribution in [3.05, 3.63) is 0 Å². The van der Waals surface area contributed by atoms with E-state index < -0.39 is 5.97 Å². The van der Waals surface area contributed by atoms with Crippen LogP contribution >= 0.6 is 0 Å². The third-order valence-electron chi connectivity index (χ3n) is 2.81. The van der Waals surface area contributed by atoms with E-state index in [1.165, 1.54) is 0 Å². The average molecular weight is 200 g/mol. The molecular formula is C10H20N2O2. The smallest absolute Gasteiger partial charge is 0.304 e. The molecule has 4 heteroatoms. The topological polar surface area (TPSA) is 52.6 Å². The Hall–Kier alpha value is -0.610. The summed E-state index contributed by atoms with van der Waals surface area (Å²) < 4.78 is 0. The standard InChI is InChI=1S/C10H20N2O2/c1-2-12-7-4-9(5-8-12)11-6-3-10(13)14/h9,11H,2-8H2,1H3,(H,13,14). The SMILES string of the molecule is CCN1CCC(NCCC(=O)O)CC1. The number of nitrogens with one attached hydrogen (secondary N) is 1. The number of carboxylic acid groups (broad SMARTS) is 1. The summed E-state index contributed by atoms with van der Waals surface area (Å²) >= 11 is 0. The maximum Gasteiger partial charge on any atom is 0.304 e. The Bertz CT molecular complexity index is 177. The number of carbonyl (C=O) groups is 1. The molecule has 0 aromatic carbocycles. The molecule has 2 N–H and O–H groups in total. The summed E-state index contributed by atoms with van der Waals surface area (Å²) in [7, 11) is 0. The van der Waals surface area contributed by atoms with Crippen molar-refractivity contribution < 1.29 is 9.90 Å². The molecule has 4 nitrogen and oxygen atoms in total. The Morgan fingerprint density at radius 2 is 2.14 bits per heavy atom. The van der Waals surface area contributed by atoms with Crippen molar-refractivity contribution in [2.45, 2.75) is 32.2 Å². The quantitative estimate of drug-likeness (QED) is 0.680. The Morgan fingerprint density at radius 1 is 1.50 bits per heavy atom. The van der Waals surface area contributed by atoms with E-state index in [0.29, 0.717) is 12.6 Å². The number of carboxylic acids is 1. The molecule has 0 saturated carbocycles. The van der Waals surface area contributed by atoms with E-state index in [2.05, 4.69) is 17.1 Å². The number of nitrogens with zero attached hydrogens (tertiary/aromatic N) is 1. The van der Waals surface area contributed by atoms with Crippen molar-refractivity contribution in [1.82, 2.24) is 10.2 Å². The van der Waals surface area contributed by atoms with E-state index in [9.17, 15) is 4.79 Å². The van der Waals surface area contributed by atoms with Crippen LogP contribution in [0.3, 0.4) is 0 Å². The Labute approximate surface area is 85.3 Å². The Kier molecular flexibility index (Phi) is 4.90. The summed E-state index contributed by atoms with van der Waals surface area (Å²) in [6.45, 7) is 6.19. The van der Waals surface area contributed by atoms with Gasteiger partial charge in [0.1, 0.15) is 0 Å². The van der Waals surface area contributed by atoms with Gasteiger partial charge in [0.15, 0.2) is 0 Å². The van der Waals surface area contributed by atoms with Crippen molar-refractivity contribution in [3.8, 4) is 0 Å². The second-order valence-corrected chi connectivity index (χ2v) is 3.81. The average Bonchev–Trinajstić information content (AvgIpc) is 2.18. The van der Waals surface area contributed by atoms with Gasteiger partial charge in [-0.25, -0.2) is 0 Å². The van der Waals surface area contributed by atoms with E-state index in [-0.39, 0.29) is 6.42 Å². The zero-order valence-corrected chi connectivity index (χ0v) is 8.83. The van der Waals surface area contributed by atoms with Crippen molar-refractivity contribution in [2.75, 3.05) is 26.2 Å². The fraction of sp³-hybridized carbons (Fsp3) is 0.900. The second-order valence-electron chi connectivity index (χ2n) is 3.81. The lowest BCUT2D eigenvalue weighted by molar-refractivity contribution is -0.136. The molecule has 0 aromatic rings. The van der Waals surface area contributed by atoms with Crippen LogP contribution in [0.25, 0.3) is 0 Å². The zero-order chi connectivity index (χ0) is 10.4. The minimum atomic E-state index is -0.719. The molecule has 0 aromatic heterocycles. The van der Waals surface area contributed by atoms with Gasteiger partial charge in [-0.15, -0.1) is 0 Å². The highest BCUT2D eigenvalue weighted by molar-refractivity contribution is 5.66. The lowest BCUT2D eigenvalue weighted by Gasteiger charge is -2.31. The van der Waals surface area contributed by atoms with Crippen LogP contribution in [0.15, 0.2) is 0 Å². The minimum Gasteiger partial charge on any atom is -0.481 e. The zero-order valence-electron chi connectivity index (χ0n) is 8.83. The lowest BCUT2D eigenvalue weighted by atomic mass is 10.1. The first-order chi connectivity index (χ1) is 6.72. The monoisotopic (exact) mass is 200 g/mol. The van der Waals surface area contributed by atoms with Gasteiger partial charge in [-0.1, -0.05) is 6.92 Å². The van der Waals surface area contributed by atoms with Crippen LogP contribution in [0.1, 0.15) is 26.2 Å². The molecule has 14 heavy (non-hydrogen) atoms. The van der Waals surface area contributed by atoms with Gasteiger partial charge in [-0.05, 0) is 32.5 Å². The third-order valence-corrected chi connectivity index (χ3v) is 2.81. The molecule has 0 amide bonds. The maximum absolute atomic E-state index is 10.3. The highest BCUT2D eigenvalue weighted by Crippen LogP contribution is 2.09. The predicted octanol–water partition coefficient (Wildman–Crippen LogP) is 0.535. The van der Waals surface area contributed by atoms with E-state index >= 15 is 0 Å². The number of rotatable bonds is 5. The van der Waals surface area contributed by atoms with Gasteiger partial charge in [0, 0.05) is 12.6 Å². The second kappa shape index (κ2) is 5.98. The minimum absolute atomic E-state index is 0.230.